The lowest BCUT2D eigenvalue weighted by molar-refractivity contribution is 0.222. The minimum absolute atomic E-state index is 0.130. The van der Waals surface area contributed by atoms with Gasteiger partial charge in [0.05, 0.1) is 0 Å². The average Bonchev–Trinajstić information content (AvgIpc) is 3.13. The van der Waals surface area contributed by atoms with Gasteiger partial charge in [0.15, 0.2) is 5.82 Å². The summed E-state index contributed by atoms with van der Waals surface area (Å²) in [4.78, 5) is 18.6. The van der Waals surface area contributed by atoms with Crippen LogP contribution >= 0.6 is 0 Å². The van der Waals surface area contributed by atoms with Gasteiger partial charge in [-0.1, -0.05) is 36.6 Å². The number of hydrogen-bond acceptors (Lipinski definition) is 4. The van der Waals surface area contributed by atoms with Crippen LogP contribution in [-0.2, 0) is 6.42 Å². The van der Waals surface area contributed by atoms with Crippen molar-refractivity contribution in [3.8, 4) is 0 Å². The number of nitrogens with one attached hydrogen (secondary N) is 1. The lowest BCUT2D eigenvalue weighted by atomic mass is 9.89. The highest BCUT2D eigenvalue weighted by Crippen LogP contribution is 2.31. The molecule has 0 spiro atoms. The molecule has 0 atom stereocenters. The van der Waals surface area contributed by atoms with E-state index in [-0.39, 0.29) is 6.03 Å². The van der Waals surface area contributed by atoms with Gasteiger partial charge in [0, 0.05) is 31.6 Å². The Labute approximate surface area is 155 Å². The van der Waals surface area contributed by atoms with Crippen molar-refractivity contribution in [3.05, 3.63) is 41.0 Å². The molecule has 26 heavy (non-hydrogen) atoms. The fraction of sp³-hybridized carbons (Fsp3) is 0.550. The Morgan fingerprint density at radius 2 is 2.04 bits per heavy atom. The molecule has 1 heterocycles. The number of amides is 2. The Morgan fingerprint density at radius 1 is 1.27 bits per heavy atom. The van der Waals surface area contributed by atoms with Crippen molar-refractivity contribution in [2.24, 2.45) is 0 Å². The van der Waals surface area contributed by atoms with Crippen LogP contribution in [-0.4, -0.2) is 34.7 Å². The zero-order valence-corrected chi connectivity index (χ0v) is 15.9. The highest BCUT2D eigenvalue weighted by Gasteiger charge is 2.21. The van der Waals surface area contributed by atoms with Crippen molar-refractivity contribution >= 4 is 11.7 Å². The van der Waals surface area contributed by atoms with Crippen molar-refractivity contribution in [1.82, 2.24) is 15.0 Å². The van der Waals surface area contributed by atoms with E-state index < -0.39 is 0 Å². The van der Waals surface area contributed by atoms with Gasteiger partial charge in [-0.25, -0.2) is 4.79 Å². The van der Waals surface area contributed by atoms with E-state index in [9.17, 15) is 4.79 Å². The summed E-state index contributed by atoms with van der Waals surface area (Å²) < 4.78 is 5.44. The summed E-state index contributed by atoms with van der Waals surface area (Å²) in [5.41, 5.74) is 3.10. The van der Waals surface area contributed by atoms with Gasteiger partial charge in [-0.05, 0) is 43.9 Å². The van der Waals surface area contributed by atoms with Crippen LogP contribution in [0.15, 0.2) is 22.7 Å². The first kappa shape index (κ1) is 18.4. The van der Waals surface area contributed by atoms with Gasteiger partial charge < -0.3 is 14.7 Å². The number of urea groups is 1. The highest BCUT2D eigenvalue weighted by atomic mass is 16.5. The van der Waals surface area contributed by atoms with E-state index in [2.05, 4.69) is 15.5 Å². The third kappa shape index (κ3) is 4.42. The van der Waals surface area contributed by atoms with Crippen LogP contribution in [0.1, 0.15) is 60.9 Å². The molecule has 6 nitrogen and oxygen atoms in total. The minimum atomic E-state index is -0.130. The summed E-state index contributed by atoms with van der Waals surface area (Å²) in [6, 6.07) is 5.78. The van der Waals surface area contributed by atoms with Crippen LogP contribution in [0, 0.1) is 13.8 Å². The molecule has 0 bridgehead atoms. The van der Waals surface area contributed by atoms with E-state index in [1.807, 2.05) is 32.0 Å². The number of anilines is 1. The topological polar surface area (TPSA) is 71.3 Å². The Kier molecular flexibility index (Phi) is 5.91. The zero-order chi connectivity index (χ0) is 18.5. The van der Waals surface area contributed by atoms with Gasteiger partial charge >= 0.3 is 6.03 Å². The maximum Gasteiger partial charge on any atom is 0.321 e. The van der Waals surface area contributed by atoms with Crippen molar-refractivity contribution in [1.29, 1.82) is 0 Å². The van der Waals surface area contributed by atoms with E-state index in [1.54, 1.807) is 11.9 Å². The van der Waals surface area contributed by atoms with Crippen LogP contribution in [0.25, 0.3) is 0 Å². The fourth-order valence-corrected chi connectivity index (χ4v) is 3.35. The maximum atomic E-state index is 12.4. The van der Waals surface area contributed by atoms with Crippen LogP contribution in [0.5, 0.6) is 0 Å². The second kappa shape index (κ2) is 8.34. The number of rotatable bonds is 5. The van der Waals surface area contributed by atoms with Crippen LogP contribution in [0.3, 0.4) is 0 Å². The molecule has 1 aromatic heterocycles. The molecule has 0 saturated heterocycles. The van der Waals surface area contributed by atoms with Gasteiger partial charge in [0.2, 0.25) is 5.89 Å². The number of benzene rings is 1. The fourth-order valence-electron chi connectivity index (χ4n) is 3.35. The second-order valence-corrected chi connectivity index (χ2v) is 7.23. The molecule has 0 radical (unpaired) electrons. The minimum Gasteiger partial charge on any atom is -0.339 e. The van der Waals surface area contributed by atoms with Crippen molar-refractivity contribution in [2.75, 3.05) is 18.9 Å². The molecule has 1 aromatic carbocycles. The number of aryl methyl sites for hydroxylation is 1. The Bertz CT molecular complexity index is 750. The number of aromatic nitrogens is 2. The SMILES string of the molecule is Cc1cccc(NC(=O)N(C)CCc2noc(C3CCCCC3)n2)c1C. The second-order valence-electron chi connectivity index (χ2n) is 7.23. The predicted molar refractivity (Wildman–Crippen MR) is 101 cm³/mol. The predicted octanol–water partition coefficient (Wildman–Crippen LogP) is 4.44. The summed E-state index contributed by atoms with van der Waals surface area (Å²) >= 11 is 0. The van der Waals surface area contributed by atoms with Crippen LogP contribution in [0.2, 0.25) is 0 Å². The normalized spacial score (nSPS) is 15.0. The third-order valence-corrected chi connectivity index (χ3v) is 5.30. The lowest BCUT2D eigenvalue weighted by Crippen LogP contribution is -2.33. The Balaban J connectivity index is 1.51. The molecule has 6 heteroatoms. The van der Waals surface area contributed by atoms with E-state index >= 15 is 0 Å². The first-order valence-electron chi connectivity index (χ1n) is 9.45. The molecule has 140 valence electrons. The van der Waals surface area contributed by atoms with Gasteiger partial charge in [-0.2, -0.15) is 4.98 Å². The standard InChI is InChI=1S/C20H28N4O2/c1-14-8-7-11-17(15(14)2)21-20(25)24(3)13-12-18-22-19(26-23-18)16-9-5-4-6-10-16/h7-8,11,16H,4-6,9-10,12-13H2,1-3H3,(H,21,25). The van der Waals surface area contributed by atoms with Gasteiger partial charge in [-0.3, -0.25) is 0 Å². The average molecular weight is 356 g/mol. The van der Waals surface area contributed by atoms with Crippen molar-refractivity contribution in [3.63, 3.8) is 0 Å². The summed E-state index contributed by atoms with van der Waals surface area (Å²) in [5.74, 6) is 1.86. The largest absolute Gasteiger partial charge is 0.339 e. The van der Waals surface area contributed by atoms with Crippen molar-refractivity contribution in [2.45, 2.75) is 58.3 Å². The monoisotopic (exact) mass is 356 g/mol. The summed E-state index contributed by atoms with van der Waals surface area (Å²) in [6.07, 6.45) is 6.65. The molecular formula is C20H28N4O2. The van der Waals surface area contributed by atoms with E-state index in [4.69, 9.17) is 4.52 Å². The number of likely N-dealkylation sites (N-methyl/N-ethyl adjacent to an activating group) is 1. The zero-order valence-electron chi connectivity index (χ0n) is 15.9. The molecule has 2 aromatic rings. The Hall–Kier alpha value is -2.37. The lowest BCUT2D eigenvalue weighted by Gasteiger charge is -2.18. The van der Waals surface area contributed by atoms with E-state index in [0.717, 1.165) is 35.5 Å². The van der Waals surface area contributed by atoms with E-state index in [0.29, 0.717) is 24.7 Å². The molecule has 1 aliphatic carbocycles. The van der Waals surface area contributed by atoms with E-state index in [1.165, 1.54) is 19.3 Å². The molecule has 1 saturated carbocycles. The number of carbonyl (C=O) groups is 1. The molecule has 1 fully saturated rings. The van der Waals surface area contributed by atoms with Gasteiger partial charge in [0.1, 0.15) is 0 Å². The molecule has 2 amide bonds. The molecule has 0 unspecified atom stereocenters. The maximum absolute atomic E-state index is 12.4. The summed E-state index contributed by atoms with van der Waals surface area (Å²) in [6.45, 7) is 4.59. The first-order chi connectivity index (χ1) is 12.5. The van der Waals surface area contributed by atoms with Crippen molar-refractivity contribution < 1.29 is 9.32 Å². The third-order valence-electron chi connectivity index (χ3n) is 5.30. The molecule has 1 aliphatic rings. The summed E-state index contributed by atoms with van der Waals surface area (Å²) in [5, 5.41) is 7.05. The molecule has 0 aliphatic heterocycles. The number of carbonyl (C=O) groups excluding carboxylic acids is 1. The van der Waals surface area contributed by atoms with Gasteiger partial charge in [-0.15, -0.1) is 0 Å². The summed E-state index contributed by atoms with van der Waals surface area (Å²) in [7, 11) is 1.78. The molecule has 1 N–H and O–H groups in total. The number of hydrogen-bond donors (Lipinski definition) is 1. The molecule has 3 rings (SSSR count). The van der Waals surface area contributed by atoms with Crippen LogP contribution < -0.4 is 5.32 Å². The quantitative estimate of drug-likeness (QED) is 0.859. The smallest absolute Gasteiger partial charge is 0.321 e. The Morgan fingerprint density at radius 3 is 2.81 bits per heavy atom. The van der Waals surface area contributed by atoms with Crippen LogP contribution in [0.4, 0.5) is 10.5 Å². The highest BCUT2D eigenvalue weighted by molar-refractivity contribution is 5.90. The molecular weight excluding hydrogens is 328 g/mol. The van der Waals surface area contributed by atoms with Gasteiger partial charge in [0.25, 0.3) is 0 Å². The first-order valence-corrected chi connectivity index (χ1v) is 9.45. The number of nitrogens with zero attached hydrogens (tertiary/aromatic N) is 3.